The zero-order valence-electron chi connectivity index (χ0n) is 17.5. The maximum absolute atomic E-state index is 12.0. The normalized spacial score (nSPS) is 14.9. The Bertz CT molecular complexity index is 638. The van der Waals surface area contributed by atoms with Gasteiger partial charge in [-0.2, -0.15) is 0 Å². The summed E-state index contributed by atoms with van der Waals surface area (Å²) in [6.45, 7) is 9.31. The van der Waals surface area contributed by atoms with Crippen molar-refractivity contribution in [2.75, 3.05) is 13.1 Å². The molecule has 1 saturated carbocycles. The summed E-state index contributed by atoms with van der Waals surface area (Å²) >= 11 is 0. The Morgan fingerprint density at radius 3 is 2.50 bits per heavy atom. The molecule has 1 aliphatic carbocycles. The molecule has 0 aromatic heterocycles. The summed E-state index contributed by atoms with van der Waals surface area (Å²) < 4.78 is 6.18. The van der Waals surface area contributed by atoms with Crippen LogP contribution in [-0.4, -0.2) is 36.6 Å². The van der Waals surface area contributed by atoms with Crippen LogP contribution in [-0.2, 0) is 11.3 Å². The number of nitrogens with one attached hydrogen (secondary N) is 3. The van der Waals surface area contributed by atoms with E-state index in [1.807, 2.05) is 52.0 Å². The van der Waals surface area contributed by atoms with E-state index in [1.165, 1.54) is 12.8 Å². The van der Waals surface area contributed by atoms with Crippen LogP contribution >= 0.6 is 24.0 Å². The molecule has 1 aromatic rings. The van der Waals surface area contributed by atoms with Crippen molar-refractivity contribution in [2.45, 2.75) is 71.6 Å². The summed E-state index contributed by atoms with van der Waals surface area (Å²) in [5.41, 5.74) is 0.811. The van der Waals surface area contributed by atoms with Gasteiger partial charge in [-0.25, -0.2) is 4.99 Å². The average Bonchev–Trinajstić information content (AvgIpc) is 3.10. The topological polar surface area (TPSA) is 74.8 Å². The fraction of sp³-hybridized carbons (Fsp3) is 0.619. The molecular formula is C21H35IN4O2. The zero-order valence-corrected chi connectivity index (χ0v) is 19.8. The number of amides is 1. The number of para-hydroxylation sites is 1. The van der Waals surface area contributed by atoms with Crippen molar-refractivity contribution < 1.29 is 9.53 Å². The lowest BCUT2D eigenvalue weighted by atomic mass is 10.1. The molecule has 1 fully saturated rings. The van der Waals surface area contributed by atoms with Crippen LogP contribution in [0.2, 0.25) is 0 Å². The third-order valence-corrected chi connectivity index (χ3v) is 4.25. The van der Waals surface area contributed by atoms with E-state index >= 15 is 0 Å². The molecule has 7 heteroatoms. The molecule has 0 unspecified atom stereocenters. The minimum atomic E-state index is -0.245. The lowest BCUT2D eigenvalue weighted by Gasteiger charge is -2.21. The van der Waals surface area contributed by atoms with Crippen LogP contribution in [0.15, 0.2) is 29.3 Å². The van der Waals surface area contributed by atoms with Crippen LogP contribution in [0.25, 0.3) is 0 Å². The summed E-state index contributed by atoms with van der Waals surface area (Å²) in [4.78, 5) is 16.6. The second-order valence-corrected chi connectivity index (χ2v) is 7.98. The largest absolute Gasteiger partial charge is 0.490 e. The highest BCUT2D eigenvalue weighted by Crippen LogP contribution is 2.26. The molecule has 0 spiro atoms. The number of guanidine groups is 1. The molecule has 0 bridgehead atoms. The molecule has 28 heavy (non-hydrogen) atoms. The van der Waals surface area contributed by atoms with Crippen LogP contribution in [0.1, 0.15) is 58.9 Å². The van der Waals surface area contributed by atoms with Crippen LogP contribution in [0.5, 0.6) is 5.75 Å². The quantitative estimate of drug-likeness (QED) is 0.303. The molecule has 0 heterocycles. The molecule has 0 aliphatic heterocycles. The average molecular weight is 502 g/mol. The Labute approximate surface area is 186 Å². The number of benzene rings is 1. The number of halogens is 1. The van der Waals surface area contributed by atoms with Gasteiger partial charge in [0.1, 0.15) is 5.75 Å². The molecule has 2 rings (SSSR count). The molecule has 6 nitrogen and oxygen atoms in total. The molecule has 1 aliphatic rings. The smallest absolute Gasteiger partial charge is 0.239 e. The van der Waals surface area contributed by atoms with E-state index < -0.39 is 0 Å². The Morgan fingerprint density at radius 1 is 1.18 bits per heavy atom. The van der Waals surface area contributed by atoms with Gasteiger partial charge in [-0.1, -0.05) is 18.2 Å². The Morgan fingerprint density at radius 2 is 1.86 bits per heavy atom. The van der Waals surface area contributed by atoms with Crippen LogP contribution in [0, 0.1) is 0 Å². The number of nitrogens with zero attached hydrogens (tertiary/aromatic N) is 1. The van der Waals surface area contributed by atoms with Gasteiger partial charge in [0.25, 0.3) is 0 Å². The maximum atomic E-state index is 12.0. The summed E-state index contributed by atoms with van der Waals surface area (Å²) in [6, 6.07) is 8.06. The van der Waals surface area contributed by atoms with Gasteiger partial charge in [0.05, 0.1) is 19.2 Å². The highest BCUT2D eigenvalue weighted by atomic mass is 127. The zero-order chi connectivity index (χ0) is 19.7. The first kappa shape index (κ1) is 24.5. The number of rotatable bonds is 7. The molecule has 3 N–H and O–H groups in total. The maximum Gasteiger partial charge on any atom is 0.239 e. The van der Waals surface area contributed by atoms with Crippen LogP contribution < -0.4 is 20.7 Å². The highest BCUT2D eigenvalue weighted by Gasteiger charge is 2.18. The van der Waals surface area contributed by atoms with E-state index in [9.17, 15) is 4.79 Å². The summed E-state index contributed by atoms with van der Waals surface area (Å²) in [7, 11) is 0. The van der Waals surface area contributed by atoms with Gasteiger partial charge in [-0.3, -0.25) is 4.79 Å². The molecular weight excluding hydrogens is 467 g/mol. The standard InChI is InChI=1S/C21H34N4O2.HI/c1-5-22-20(24-15-19(26)25-21(2,3)4)23-14-16-10-6-9-13-18(16)27-17-11-7-8-12-17;/h6,9-10,13,17H,5,7-8,11-12,14-15H2,1-4H3,(H,25,26)(H2,22,23,24);1H. The van der Waals surface area contributed by atoms with E-state index in [4.69, 9.17) is 4.74 Å². The third kappa shape index (κ3) is 9.12. The van der Waals surface area contributed by atoms with Crippen molar-refractivity contribution in [1.82, 2.24) is 16.0 Å². The van der Waals surface area contributed by atoms with Gasteiger partial charge >= 0.3 is 0 Å². The lowest BCUT2D eigenvalue weighted by Crippen LogP contribution is -2.48. The first-order chi connectivity index (χ1) is 12.9. The van der Waals surface area contributed by atoms with Gasteiger partial charge < -0.3 is 20.7 Å². The van der Waals surface area contributed by atoms with Gasteiger partial charge in [-0.15, -0.1) is 24.0 Å². The summed E-state index contributed by atoms with van der Waals surface area (Å²) in [6.07, 6.45) is 5.07. The highest BCUT2D eigenvalue weighted by molar-refractivity contribution is 14.0. The number of ether oxygens (including phenoxy) is 1. The van der Waals surface area contributed by atoms with E-state index in [0.29, 0.717) is 18.6 Å². The van der Waals surface area contributed by atoms with Gasteiger partial charge in [-0.05, 0) is 59.4 Å². The lowest BCUT2D eigenvalue weighted by molar-refractivity contribution is -0.121. The predicted octanol–water partition coefficient (Wildman–Crippen LogP) is 3.60. The molecule has 0 radical (unpaired) electrons. The Balaban J connectivity index is 0.00000392. The van der Waals surface area contributed by atoms with Crippen molar-refractivity contribution in [1.29, 1.82) is 0 Å². The fourth-order valence-corrected chi connectivity index (χ4v) is 3.07. The van der Waals surface area contributed by atoms with Crippen LogP contribution in [0.3, 0.4) is 0 Å². The number of hydrogen-bond donors (Lipinski definition) is 3. The van der Waals surface area contributed by atoms with Crippen LogP contribution in [0.4, 0.5) is 0 Å². The summed E-state index contributed by atoms with van der Waals surface area (Å²) in [5.74, 6) is 1.48. The van der Waals surface area contributed by atoms with E-state index in [0.717, 1.165) is 30.7 Å². The van der Waals surface area contributed by atoms with Crippen molar-refractivity contribution in [2.24, 2.45) is 4.99 Å². The first-order valence-electron chi connectivity index (χ1n) is 9.95. The number of carbonyl (C=O) groups is 1. The second-order valence-electron chi connectivity index (χ2n) is 7.98. The molecule has 158 valence electrons. The minimum absolute atomic E-state index is 0. The summed E-state index contributed by atoms with van der Waals surface area (Å²) in [5, 5.41) is 9.21. The Hall–Kier alpha value is -1.51. The van der Waals surface area contributed by atoms with Gasteiger partial charge in [0.15, 0.2) is 5.96 Å². The van der Waals surface area contributed by atoms with Crippen molar-refractivity contribution in [3.63, 3.8) is 0 Å². The van der Waals surface area contributed by atoms with E-state index in [1.54, 1.807) is 0 Å². The SMILES string of the molecule is CCNC(=NCc1ccccc1OC1CCCC1)NCC(=O)NC(C)(C)C.I. The molecule has 1 aromatic carbocycles. The van der Waals surface area contributed by atoms with Crippen molar-refractivity contribution >= 4 is 35.8 Å². The van der Waals surface area contributed by atoms with Crippen molar-refractivity contribution in [3.05, 3.63) is 29.8 Å². The minimum Gasteiger partial charge on any atom is -0.490 e. The van der Waals surface area contributed by atoms with Crippen molar-refractivity contribution in [3.8, 4) is 5.75 Å². The predicted molar refractivity (Wildman–Crippen MR) is 125 cm³/mol. The van der Waals surface area contributed by atoms with Gasteiger partial charge in [0.2, 0.25) is 5.91 Å². The molecule has 0 atom stereocenters. The monoisotopic (exact) mass is 502 g/mol. The fourth-order valence-electron chi connectivity index (χ4n) is 3.07. The Kier molecular flexibility index (Phi) is 10.6. The molecule has 0 saturated heterocycles. The number of hydrogen-bond acceptors (Lipinski definition) is 3. The molecule has 1 amide bonds. The van der Waals surface area contributed by atoms with E-state index in [2.05, 4.69) is 20.9 Å². The first-order valence-corrected chi connectivity index (χ1v) is 9.95. The number of carbonyl (C=O) groups excluding carboxylic acids is 1. The number of aliphatic imine (C=N–C) groups is 1. The van der Waals surface area contributed by atoms with E-state index in [-0.39, 0.29) is 42.0 Å². The van der Waals surface area contributed by atoms with Gasteiger partial charge in [0, 0.05) is 17.6 Å². The second kappa shape index (κ2) is 12.1. The third-order valence-electron chi connectivity index (χ3n) is 4.25.